The summed E-state index contributed by atoms with van der Waals surface area (Å²) >= 11 is 0. The summed E-state index contributed by atoms with van der Waals surface area (Å²) in [4.78, 5) is 14.3. The standard InChI is InChI=1S/C13H19N3O4S/c1-21(18,19)11-7-14-15-13(11)10-8-20-5-4-16(10)12(17)6-9-2-3-9/h7,9-10H,2-6,8H2,1H3,(H,14,15)/t10-/m0/s1. The number of hydrogen-bond acceptors (Lipinski definition) is 5. The van der Waals surface area contributed by atoms with Crippen molar-refractivity contribution in [3.63, 3.8) is 0 Å². The van der Waals surface area contributed by atoms with E-state index in [-0.39, 0.29) is 10.8 Å². The third-order valence-corrected chi connectivity index (χ3v) is 5.10. The van der Waals surface area contributed by atoms with Gasteiger partial charge in [0.15, 0.2) is 9.84 Å². The number of carbonyl (C=O) groups excluding carboxylic acids is 1. The van der Waals surface area contributed by atoms with Crippen molar-refractivity contribution in [2.75, 3.05) is 26.0 Å². The molecule has 1 atom stereocenters. The van der Waals surface area contributed by atoms with E-state index in [1.54, 1.807) is 4.90 Å². The number of rotatable bonds is 4. The monoisotopic (exact) mass is 313 g/mol. The maximum atomic E-state index is 12.4. The molecule has 2 fully saturated rings. The topological polar surface area (TPSA) is 92.4 Å². The predicted octanol–water partition coefficient (Wildman–Crippen LogP) is 0.513. The average molecular weight is 313 g/mol. The number of amides is 1. The zero-order valence-corrected chi connectivity index (χ0v) is 12.7. The van der Waals surface area contributed by atoms with Gasteiger partial charge in [-0.05, 0) is 18.8 Å². The van der Waals surface area contributed by atoms with Crippen LogP contribution in [0.25, 0.3) is 0 Å². The summed E-state index contributed by atoms with van der Waals surface area (Å²) < 4.78 is 29.1. The quantitative estimate of drug-likeness (QED) is 0.874. The second-order valence-electron chi connectivity index (χ2n) is 5.75. The highest BCUT2D eigenvalue weighted by molar-refractivity contribution is 7.90. The van der Waals surface area contributed by atoms with Crippen LogP contribution in [0, 0.1) is 5.92 Å². The van der Waals surface area contributed by atoms with Crippen molar-refractivity contribution >= 4 is 15.7 Å². The Kier molecular flexibility index (Phi) is 3.75. The van der Waals surface area contributed by atoms with Crippen LogP contribution in [0.2, 0.25) is 0 Å². The summed E-state index contributed by atoms with van der Waals surface area (Å²) in [6, 6.07) is -0.405. The van der Waals surface area contributed by atoms with Crippen LogP contribution in [0.1, 0.15) is 31.0 Å². The van der Waals surface area contributed by atoms with Crippen molar-refractivity contribution in [2.24, 2.45) is 5.92 Å². The van der Waals surface area contributed by atoms with E-state index >= 15 is 0 Å². The van der Waals surface area contributed by atoms with Gasteiger partial charge in [0, 0.05) is 19.2 Å². The van der Waals surface area contributed by atoms with Crippen LogP contribution < -0.4 is 0 Å². The fourth-order valence-corrected chi connectivity index (χ4v) is 3.47. The molecule has 2 aliphatic rings. The normalized spacial score (nSPS) is 23.3. The second kappa shape index (κ2) is 5.42. The van der Waals surface area contributed by atoms with E-state index in [2.05, 4.69) is 10.2 Å². The van der Waals surface area contributed by atoms with Crippen LogP contribution in [0.15, 0.2) is 11.1 Å². The van der Waals surface area contributed by atoms with Crippen molar-refractivity contribution in [1.82, 2.24) is 15.1 Å². The maximum absolute atomic E-state index is 12.4. The minimum absolute atomic E-state index is 0.0693. The number of H-pyrrole nitrogens is 1. The molecule has 1 aliphatic heterocycles. The Balaban J connectivity index is 1.87. The number of ether oxygens (including phenoxy) is 1. The maximum Gasteiger partial charge on any atom is 0.223 e. The molecule has 0 spiro atoms. The molecule has 8 heteroatoms. The number of nitrogens with zero attached hydrogens (tertiary/aromatic N) is 2. The molecule has 1 aliphatic carbocycles. The molecule has 21 heavy (non-hydrogen) atoms. The molecule has 1 saturated heterocycles. The smallest absolute Gasteiger partial charge is 0.223 e. The number of sulfone groups is 1. The molecule has 0 unspecified atom stereocenters. The molecular weight excluding hydrogens is 294 g/mol. The third-order valence-electron chi connectivity index (χ3n) is 3.97. The van der Waals surface area contributed by atoms with Crippen molar-refractivity contribution in [3.8, 4) is 0 Å². The van der Waals surface area contributed by atoms with E-state index in [1.165, 1.54) is 6.20 Å². The zero-order valence-electron chi connectivity index (χ0n) is 11.9. The number of aromatic nitrogens is 2. The first-order chi connectivity index (χ1) is 9.97. The summed E-state index contributed by atoms with van der Waals surface area (Å²) in [5.41, 5.74) is 0.446. The van der Waals surface area contributed by atoms with Gasteiger partial charge in [-0.15, -0.1) is 0 Å². The molecule has 1 saturated carbocycles. The van der Waals surface area contributed by atoms with E-state index in [9.17, 15) is 13.2 Å². The molecule has 1 amide bonds. The van der Waals surface area contributed by atoms with Crippen LogP contribution in [0.5, 0.6) is 0 Å². The lowest BCUT2D eigenvalue weighted by Gasteiger charge is -2.35. The van der Waals surface area contributed by atoms with Crippen LogP contribution in [0.4, 0.5) is 0 Å². The Bertz CT molecular complexity index is 636. The van der Waals surface area contributed by atoms with Crippen molar-refractivity contribution < 1.29 is 17.9 Å². The van der Waals surface area contributed by atoms with Gasteiger partial charge in [0.1, 0.15) is 4.90 Å². The highest BCUT2D eigenvalue weighted by Crippen LogP contribution is 2.35. The Morgan fingerprint density at radius 2 is 2.29 bits per heavy atom. The van der Waals surface area contributed by atoms with Crippen LogP contribution >= 0.6 is 0 Å². The molecule has 2 heterocycles. The molecule has 0 bridgehead atoms. The van der Waals surface area contributed by atoms with Gasteiger partial charge < -0.3 is 9.64 Å². The van der Waals surface area contributed by atoms with Crippen molar-refractivity contribution in [2.45, 2.75) is 30.2 Å². The first-order valence-corrected chi connectivity index (χ1v) is 8.96. The Morgan fingerprint density at radius 1 is 1.52 bits per heavy atom. The fourth-order valence-electron chi connectivity index (χ4n) is 2.65. The summed E-state index contributed by atoms with van der Waals surface area (Å²) in [6.07, 6.45) is 5.20. The minimum Gasteiger partial charge on any atom is -0.377 e. The van der Waals surface area contributed by atoms with E-state index in [1.807, 2.05) is 0 Å². The van der Waals surface area contributed by atoms with Gasteiger partial charge in [-0.25, -0.2) is 8.42 Å². The SMILES string of the molecule is CS(=O)(=O)c1cn[nH]c1[C@@H]1COCCN1C(=O)CC1CC1. The van der Waals surface area contributed by atoms with Gasteiger partial charge >= 0.3 is 0 Å². The Hall–Kier alpha value is -1.41. The van der Waals surface area contributed by atoms with E-state index in [4.69, 9.17) is 4.74 Å². The Morgan fingerprint density at radius 3 is 2.95 bits per heavy atom. The Labute approximate surface area is 123 Å². The lowest BCUT2D eigenvalue weighted by Crippen LogP contribution is -2.44. The molecule has 0 radical (unpaired) electrons. The highest BCUT2D eigenvalue weighted by atomic mass is 32.2. The van der Waals surface area contributed by atoms with E-state index in [0.29, 0.717) is 37.8 Å². The number of carbonyl (C=O) groups is 1. The molecule has 3 rings (SSSR count). The second-order valence-corrected chi connectivity index (χ2v) is 7.73. The number of morpholine rings is 1. The van der Waals surface area contributed by atoms with Gasteiger partial charge in [-0.3, -0.25) is 9.89 Å². The van der Waals surface area contributed by atoms with Gasteiger partial charge in [0.05, 0.1) is 31.1 Å². The number of nitrogens with one attached hydrogen (secondary N) is 1. The average Bonchev–Trinajstić information content (AvgIpc) is 3.09. The summed E-state index contributed by atoms with van der Waals surface area (Å²) in [5.74, 6) is 0.567. The molecule has 1 aromatic rings. The molecule has 7 nitrogen and oxygen atoms in total. The van der Waals surface area contributed by atoms with Crippen molar-refractivity contribution in [3.05, 3.63) is 11.9 Å². The molecule has 1 N–H and O–H groups in total. The largest absolute Gasteiger partial charge is 0.377 e. The molecule has 116 valence electrons. The number of aromatic amines is 1. The highest BCUT2D eigenvalue weighted by Gasteiger charge is 2.35. The number of hydrogen-bond donors (Lipinski definition) is 1. The molecule has 0 aromatic carbocycles. The van der Waals surface area contributed by atoms with Gasteiger partial charge in [0.25, 0.3) is 0 Å². The lowest BCUT2D eigenvalue weighted by molar-refractivity contribution is -0.140. The summed E-state index contributed by atoms with van der Waals surface area (Å²) in [5, 5.41) is 6.57. The summed E-state index contributed by atoms with van der Waals surface area (Å²) in [6.45, 7) is 1.26. The minimum atomic E-state index is -3.39. The third kappa shape index (κ3) is 3.11. The molecular formula is C13H19N3O4S. The molecule has 1 aromatic heterocycles. The van der Waals surface area contributed by atoms with E-state index < -0.39 is 15.9 Å². The van der Waals surface area contributed by atoms with Gasteiger partial charge in [-0.1, -0.05) is 0 Å². The van der Waals surface area contributed by atoms with Crippen LogP contribution in [-0.4, -0.2) is 55.4 Å². The van der Waals surface area contributed by atoms with Crippen LogP contribution in [-0.2, 0) is 19.4 Å². The first kappa shape index (κ1) is 14.5. The van der Waals surface area contributed by atoms with Crippen LogP contribution in [0.3, 0.4) is 0 Å². The van der Waals surface area contributed by atoms with Gasteiger partial charge in [0.2, 0.25) is 5.91 Å². The fraction of sp³-hybridized carbons (Fsp3) is 0.692. The summed E-state index contributed by atoms with van der Waals surface area (Å²) in [7, 11) is -3.39. The zero-order chi connectivity index (χ0) is 15.0. The lowest BCUT2D eigenvalue weighted by atomic mass is 10.1. The van der Waals surface area contributed by atoms with E-state index in [0.717, 1.165) is 19.1 Å². The first-order valence-electron chi connectivity index (χ1n) is 7.07. The van der Waals surface area contributed by atoms with Gasteiger partial charge in [-0.2, -0.15) is 5.10 Å². The van der Waals surface area contributed by atoms with Crippen molar-refractivity contribution in [1.29, 1.82) is 0 Å². The predicted molar refractivity (Wildman–Crippen MR) is 74.3 cm³/mol.